The highest BCUT2D eigenvalue weighted by molar-refractivity contribution is 6.41. The number of nitrogens with one attached hydrogen (secondary N) is 1. The molecule has 0 saturated heterocycles. The third kappa shape index (κ3) is 3.59. The Bertz CT molecular complexity index is 669. The Morgan fingerprint density at radius 3 is 2.29 bits per heavy atom. The lowest BCUT2D eigenvalue weighted by Crippen LogP contribution is -2.09. The SMILES string of the molecule is CC(Nc1c(Cl)cc(Cl)cc1Cl)c1ccccc1[N+](=O)[O-]. The summed E-state index contributed by atoms with van der Waals surface area (Å²) in [6.45, 7) is 1.80. The molecule has 0 bridgehead atoms. The molecule has 0 radical (unpaired) electrons. The first-order valence-electron chi connectivity index (χ1n) is 6.04. The lowest BCUT2D eigenvalue weighted by Gasteiger charge is -2.18. The molecular formula is C14H11Cl3N2O2. The van der Waals surface area contributed by atoms with E-state index in [9.17, 15) is 10.1 Å². The molecule has 0 amide bonds. The number of nitro groups is 1. The highest BCUT2D eigenvalue weighted by Crippen LogP contribution is 2.37. The van der Waals surface area contributed by atoms with E-state index in [1.54, 1.807) is 37.3 Å². The van der Waals surface area contributed by atoms with Gasteiger partial charge in [0.05, 0.1) is 32.3 Å². The lowest BCUT2D eigenvalue weighted by molar-refractivity contribution is -0.385. The Kier molecular flexibility index (Phi) is 4.93. The summed E-state index contributed by atoms with van der Waals surface area (Å²) < 4.78 is 0. The van der Waals surface area contributed by atoms with Crippen LogP contribution in [0.3, 0.4) is 0 Å². The van der Waals surface area contributed by atoms with Crippen molar-refractivity contribution in [2.75, 3.05) is 5.32 Å². The van der Waals surface area contributed by atoms with E-state index in [4.69, 9.17) is 34.8 Å². The maximum atomic E-state index is 11.1. The Morgan fingerprint density at radius 1 is 1.14 bits per heavy atom. The minimum atomic E-state index is -0.418. The highest BCUT2D eigenvalue weighted by Gasteiger charge is 2.19. The molecule has 0 aromatic heterocycles. The molecule has 7 heteroatoms. The van der Waals surface area contributed by atoms with Gasteiger partial charge in [0.1, 0.15) is 0 Å². The molecule has 0 fully saturated rings. The van der Waals surface area contributed by atoms with Gasteiger partial charge in [0.2, 0.25) is 0 Å². The standard InChI is InChI=1S/C14H11Cl3N2O2/c1-8(10-4-2-3-5-13(10)19(20)21)18-14-11(16)6-9(15)7-12(14)17/h2-8,18H,1H3. The third-order valence-electron chi connectivity index (χ3n) is 2.97. The summed E-state index contributed by atoms with van der Waals surface area (Å²) in [4.78, 5) is 10.6. The molecular weight excluding hydrogens is 335 g/mol. The van der Waals surface area contributed by atoms with Crippen molar-refractivity contribution >= 4 is 46.2 Å². The molecule has 0 aliphatic carbocycles. The monoisotopic (exact) mass is 344 g/mol. The quantitative estimate of drug-likeness (QED) is 0.569. The molecule has 110 valence electrons. The Morgan fingerprint density at radius 2 is 1.71 bits per heavy atom. The number of hydrogen-bond donors (Lipinski definition) is 1. The van der Waals surface area contributed by atoms with Gasteiger partial charge in [-0.05, 0) is 19.1 Å². The summed E-state index contributed by atoms with van der Waals surface area (Å²) >= 11 is 18.1. The zero-order valence-corrected chi connectivity index (χ0v) is 13.2. The van der Waals surface area contributed by atoms with Crippen LogP contribution < -0.4 is 5.32 Å². The molecule has 2 aromatic carbocycles. The van der Waals surface area contributed by atoms with Crippen molar-refractivity contribution in [1.29, 1.82) is 0 Å². The molecule has 1 N–H and O–H groups in total. The topological polar surface area (TPSA) is 55.2 Å². The average Bonchev–Trinajstić information content (AvgIpc) is 2.42. The molecule has 1 unspecified atom stereocenters. The minimum Gasteiger partial charge on any atom is -0.376 e. The summed E-state index contributed by atoms with van der Waals surface area (Å²) in [7, 11) is 0. The summed E-state index contributed by atoms with van der Waals surface area (Å²) in [6.07, 6.45) is 0. The fraction of sp³-hybridized carbons (Fsp3) is 0.143. The Balaban J connectivity index is 2.35. The molecule has 2 rings (SSSR count). The smallest absolute Gasteiger partial charge is 0.274 e. The van der Waals surface area contributed by atoms with Gasteiger partial charge in [-0.1, -0.05) is 53.0 Å². The molecule has 1 atom stereocenters. The van der Waals surface area contributed by atoms with Crippen LogP contribution in [0.25, 0.3) is 0 Å². The van der Waals surface area contributed by atoms with Crippen LogP contribution in [-0.4, -0.2) is 4.92 Å². The zero-order valence-electron chi connectivity index (χ0n) is 10.9. The lowest BCUT2D eigenvalue weighted by atomic mass is 10.1. The number of benzene rings is 2. The van der Waals surface area contributed by atoms with Gasteiger partial charge in [0.25, 0.3) is 5.69 Å². The van der Waals surface area contributed by atoms with Gasteiger partial charge < -0.3 is 5.32 Å². The summed E-state index contributed by atoms with van der Waals surface area (Å²) in [5, 5.41) is 15.3. The van der Waals surface area contributed by atoms with E-state index >= 15 is 0 Å². The van der Waals surface area contributed by atoms with E-state index in [1.807, 2.05) is 0 Å². The van der Waals surface area contributed by atoms with Crippen molar-refractivity contribution in [3.63, 3.8) is 0 Å². The highest BCUT2D eigenvalue weighted by atomic mass is 35.5. The van der Waals surface area contributed by atoms with E-state index in [1.165, 1.54) is 6.07 Å². The largest absolute Gasteiger partial charge is 0.376 e. The van der Waals surface area contributed by atoms with Crippen molar-refractivity contribution in [3.05, 3.63) is 67.1 Å². The van der Waals surface area contributed by atoms with E-state index in [0.29, 0.717) is 26.3 Å². The van der Waals surface area contributed by atoms with Gasteiger partial charge in [-0.3, -0.25) is 10.1 Å². The number of halogens is 3. The Hall–Kier alpha value is -1.49. The molecule has 2 aromatic rings. The van der Waals surface area contributed by atoms with Crippen LogP contribution in [0.2, 0.25) is 15.1 Å². The molecule has 0 aliphatic heterocycles. The van der Waals surface area contributed by atoms with Gasteiger partial charge in [0, 0.05) is 11.1 Å². The normalized spacial score (nSPS) is 12.0. The van der Waals surface area contributed by atoms with Crippen molar-refractivity contribution < 1.29 is 4.92 Å². The van der Waals surface area contributed by atoms with Crippen LogP contribution in [0, 0.1) is 10.1 Å². The molecule has 0 saturated carbocycles. The van der Waals surface area contributed by atoms with Gasteiger partial charge >= 0.3 is 0 Å². The van der Waals surface area contributed by atoms with Crippen LogP contribution in [0.4, 0.5) is 11.4 Å². The van der Waals surface area contributed by atoms with Crippen LogP contribution >= 0.6 is 34.8 Å². The van der Waals surface area contributed by atoms with Crippen molar-refractivity contribution in [2.24, 2.45) is 0 Å². The number of hydrogen-bond acceptors (Lipinski definition) is 3. The molecule has 0 heterocycles. The van der Waals surface area contributed by atoms with Crippen LogP contribution in [0.5, 0.6) is 0 Å². The zero-order chi connectivity index (χ0) is 15.6. The predicted octanol–water partition coefficient (Wildman–Crippen LogP) is 5.73. The fourth-order valence-corrected chi connectivity index (χ4v) is 2.92. The van der Waals surface area contributed by atoms with Gasteiger partial charge in [0.15, 0.2) is 0 Å². The first-order valence-corrected chi connectivity index (χ1v) is 7.18. The Labute approximate surface area is 136 Å². The second-order valence-electron chi connectivity index (χ2n) is 4.43. The second kappa shape index (κ2) is 6.52. The van der Waals surface area contributed by atoms with Gasteiger partial charge in [-0.15, -0.1) is 0 Å². The molecule has 4 nitrogen and oxygen atoms in total. The average molecular weight is 346 g/mol. The van der Waals surface area contributed by atoms with Crippen molar-refractivity contribution in [1.82, 2.24) is 0 Å². The number of nitro benzene ring substituents is 1. The summed E-state index contributed by atoms with van der Waals surface area (Å²) in [6, 6.07) is 9.28. The maximum Gasteiger partial charge on any atom is 0.274 e. The van der Waals surface area contributed by atoms with Gasteiger partial charge in [-0.2, -0.15) is 0 Å². The van der Waals surface area contributed by atoms with Crippen LogP contribution in [0.1, 0.15) is 18.5 Å². The first-order chi connectivity index (χ1) is 9.90. The van der Waals surface area contributed by atoms with E-state index < -0.39 is 4.92 Å². The maximum absolute atomic E-state index is 11.1. The van der Waals surface area contributed by atoms with Crippen LogP contribution in [0.15, 0.2) is 36.4 Å². The van der Waals surface area contributed by atoms with E-state index in [2.05, 4.69) is 5.32 Å². The first kappa shape index (κ1) is 15.9. The van der Waals surface area contributed by atoms with E-state index in [-0.39, 0.29) is 11.7 Å². The second-order valence-corrected chi connectivity index (χ2v) is 5.68. The minimum absolute atomic E-state index is 0.0405. The summed E-state index contributed by atoms with van der Waals surface area (Å²) in [5.74, 6) is 0. The number of rotatable bonds is 4. The van der Waals surface area contributed by atoms with Crippen molar-refractivity contribution in [3.8, 4) is 0 Å². The number of para-hydroxylation sites is 1. The van der Waals surface area contributed by atoms with Gasteiger partial charge in [-0.25, -0.2) is 0 Å². The van der Waals surface area contributed by atoms with Crippen LogP contribution in [-0.2, 0) is 0 Å². The van der Waals surface area contributed by atoms with E-state index in [0.717, 1.165) is 0 Å². The molecule has 0 spiro atoms. The molecule has 0 aliphatic rings. The fourth-order valence-electron chi connectivity index (χ4n) is 1.99. The molecule has 21 heavy (non-hydrogen) atoms. The number of anilines is 1. The predicted molar refractivity (Wildman–Crippen MR) is 86.6 cm³/mol. The van der Waals surface area contributed by atoms with Crippen molar-refractivity contribution in [2.45, 2.75) is 13.0 Å². The third-order valence-corrected chi connectivity index (χ3v) is 3.78. The summed E-state index contributed by atoms with van der Waals surface area (Å²) in [5.41, 5.74) is 1.08. The number of nitrogens with zero attached hydrogens (tertiary/aromatic N) is 1.